The summed E-state index contributed by atoms with van der Waals surface area (Å²) >= 11 is 2.01. The van der Waals surface area contributed by atoms with E-state index in [0.717, 1.165) is 5.69 Å². The Labute approximate surface area is 96.0 Å². The zero-order valence-corrected chi connectivity index (χ0v) is 10.1. The fraction of sp³-hybridized carbons (Fsp3) is 0.333. The third kappa shape index (κ3) is 2.65. The van der Waals surface area contributed by atoms with E-state index in [1.54, 1.807) is 10.9 Å². The first kappa shape index (κ1) is 11.4. The number of hydrogen-bond donors (Lipinski definition) is 1. The lowest BCUT2D eigenvalue weighted by atomic mass is 10.4. The summed E-state index contributed by atoms with van der Waals surface area (Å²) in [5, 5.41) is 0. The summed E-state index contributed by atoms with van der Waals surface area (Å²) in [6, 6.07) is 0. The van der Waals surface area contributed by atoms with Crippen molar-refractivity contribution in [1.82, 2.24) is 9.55 Å². The number of rotatable bonds is 3. The van der Waals surface area contributed by atoms with E-state index in [0.29, 0.717) is 16.7 Å². The molecule has 0 unspecified atom stereocenters. The van der Waals surface area contributed by atoms with Gasteiger partial charge in [-0.25, -0.2) is 4.98 Å². The number of hydrogen-bond acceptors (Lipinski definition) is 3. The molecule has 0 amide bonds. The van der Waals surface area contributed by atoms with Crippen LogP contribution in [0.4, 0.5) is 0 Å². The number of aryl methyl sites for hydroxylation is 1. The average Bonchev–Trinajstić information content (AvgIpc) is 2.18. The van der Waals surface area contributed by atoms with E-state index in [1.165, 1.54) is 0 Å². The van der Waals surface area contributed by atoms with Gasteiger partial charge in [0.15, 0.2) is 0 Å². The molecule has 0 spiro atoms. The number of aromatic nitrogens is 2. The van der Waals surface area contributed by atoms with Gasteiger partial charge in [-0.2, -0.15) is 0 Å². The second-order valence-corrected chi connectivity index (χ2v) is 3.89. The van der Waals surface area contributed by atoms with Gasteiger partial charge >= 0.3 is 0 Å². The first-order valence-electron chi connectivity index (χ1n) is 4.23. The normalized spacial score (nSPS) is 11.1. The molecule has 0 aliphatic carbocycles. The molecule has 1 heterocycles. The molecule has 0 saturated carbocycles. The second-order valence-electron chi connectivity index (χ2n) is 2.81. The zero-order chi connectivity index (χ0) is 10.6. The van der Waals surface area contributed by atoms with Crippen molar-refractivity contribution in [3.63, 3.8) is 0 Å². The van der Waals surface area contributed by atoms with Crippen molar-refractivity contribution in [3.8, 4) is 0 Å². The highest BCUT2D eigenvalue weighted by Gasteiger charge is 2.03. The Morgan fingerprint density at radius 2 is 2.36 bits per heavy atom. The second kappa shape index (κ2) is 5.26. The predicted octanol–water partition coefficient (Wildman–Crippen LogP) is 0.671. The molecule has 0 fully saturated rings. The zero-order valence-electron chi connectivity index (χ0n) is 7.90. The predicted molar refractivity (Wildman–Crippen MR) is 64.1 cm³/mol. The van der Waals surface area contributed by atoms with E-state index in [1.807, 2.05) is 41.7 Å². The minimum atomic E-state index is -0.000212. The van der Waals surface area contributed by atoms with Crippen molar-refractivity contribution < 1.29 is 0 Å². The Morgan fingerprint density at radius 1 is 1.64 bits per heavy atom. The van der Waals surface area contributed by atoms with E-state index < -0.39 is 0 Å². The molecule has 0 saturated heterocycles. The van der Waals surface area contributed by atoms with Gasteiger partial charge in [-0.3, -0.25) is 9.36 Å². The van der Waals surface area contributed by atoms with Crippen LogP contribution in [0.5, 0.6) is 0 Å². The molecule has 1 rings (SSSR count). The Morgan fingerprint density at radius 3 is 3.00 bits per heavy atom. The fourth-order valence-corrected chi connectivity index (χ4v) is 1.41. The Kier molecular flexibility index (Phi) is 4.27. The maximum atomic E-state index is 11.6. The lowest BCUT2D eigenvalue weighted by molar-refractivity contribution is 0.738. The van der Waals surface area contributed by atoms with Crippen LogP contribution >= 0.6 is 22.6 Å². The molecule has 0 radical (unpaired) electrons. The third-order valence-corrected chi connectivity index (χ3v) is 3.00. The summed E-state index contributed by atoms with van der Waals surface area (Å²) in [6.07, 6.45) is 5.23. The van der Waals surface area contributed by atoms with Gasteiger partial charge in [0.1, 0.15) is 0 Å². The van der Waals surface area contributed by atoms with Crippen LogP contribution in [-0.4, -0.2) is 16.1 Å². The largest absolute Gasteiger partial charge is 0.327 e. The minimum Gasteiger partial charge on any atom is -0.327 e. The van der Waals surface area contributed by atoms with Gasteiger partial charge in [0, 0.05) is 13.1 Å². The van der Waals surface area contributed by atoms with Gasteiger partial charge in [-0.15, -0.1) is 0 Å². The summed E-state index contributed by atoms with van der Waals surface area (Å²) in [7, 11) is 0. The smallest absolute Gasteiger partial charge is 0.267 e. The minimum absolute atomic E-state index is 0.000212. The molecule has 0 aliphatic rings. The summed E-state index contributed by atoms with van der Waals surface area (Å²) in [5.74, 6) is 0. The van der Waals surface area contributed by atoms with Gasteiger partial charge in [0.2, 0.25) is 0 Å². The molecule has 0 bridgehead atoms. The van der Waals surface area contributed by atoms with Crippen LogP contribution in [0.15, 0.2) is 23.3 Å². The molecule has 0 aliphatic heterocycles. The van der Waals surface area contributed by atoms with E-state index in [4.69, 9.17) is 5.73 Å². The van der Waals surface area contributed by atoms with Gasteiger partial charge in [-0.1, -0.05) is 12.2 Å². The molecule has 0 aromatic carbocycles. The van der Waals surface area contributed by atoms with Gasteiger partial charge < -0.3 is 5.73 Å². The Balaban J connectivity index is 2.95. The van der Waals surface area contributed by atoms with E-state index >= 15 is 0 Å². The lowest BCUT2D eigenvalue weighted by Gasteiger charge is -2.03. The van der Waals surface area contributed by atoms with E-state index in [-0.39, 0.29) is 5.56 Å². The third-order valence-electron chi connectivity index (χ3n) is 1.76. The molecule has 5 heteroatoms. The standard InChI is InChI=1S/C9H12IN3O/c1-7-8(10)9(14)13(6-12-7)5-3-2-4-11/h2-3,6H,4-5,11H2,1H3/b3-2+. The van der Waals surface area contributed by atoms with Crippen LogP contribution in [0.3, 0.4) is 0 Å². The summed E-state index contributed by atoms with van der Waals surface area (Å²) in [4.78, 5) is 15.7. The summed E-state index contributed by atoms with van der Waals surface area (Å²) in [6.45, 7) is 2.84. The molecule has 14 heavy (non-hydrogen) atoms. The molecule has 1 aromatic rings. The van der Waals surface area contributed by atoms with Crippen molar-refractivity contribution >= 4 is 22.6 Å². The highest BCUT2D eigenvalue weighted by atomic mass is 127. The molecule has 76 valence electrons. The molecular formula is C9H12IN3O. The molecule has 0 atom stereocenters. The van der Waals surface area contributed by atoms with Gasteiger partial charge in [0.25, 0.3) is 5.56 Å². The molecule has 2 N–H and O–H groups in total. The lowest BCUT2D eigenvalue weighted by Crippen LogP contribution is -2.23. The van der Waals surface area contributed by atoms with Crippen molar-refractivity contribution in [1.29, 1.82) is 0 Å². The highest BCUT2D eigenvalue weighted by molar-refractivity contribution is 14.1. The molecular weight excluding hydrogens is 293 g/mol. The Hall–Kier alpha value is -0.690. The van der Waals surface area contributed by atoms with Crippen molar-refractivity contribution in [2.75, 3.05) is 6.54 Å². The van der Waals surface area contributed by atoms with Crippen LogP contribution in [0.25, 0.3) is 0 Å². The van der Waals surface area contributed by atoms with Crippen LogP contribution in [-0.2, 0) is 6.54 Å². The van der Waals surface area contributed by atoms with Crippen molar-refractivity contribution in [2.24, 2.45) is 5.73 Å². The van der Waals surface area contributed by atoms with Crippen LogP contribution in [0.2, 0.25) is 0 Å². The number of allylic oxidation sites excluding steroid dienone is 1. The van der Waals surface area contributed by atoms with Crippen LogP contribution in [0, 0.1) is 10.5 Å². The van der Waals surface area contributed by atoms with Gasteiger partial charge in [0.05, 0.1) is 15.6 Å². The van der Waals surface area contributed by atoms with Gasteiger partial charge in [-0.05, 0) is 29.5 Å². The van der Waals surface area contributed by atoms with Crippen LogP contribution < -0.4 is 11.3 Å². The topological polar surface area (TPSA) is 60.9 Å². The quantitative estimate of drug-likeness (QED) is 0.659. The van der Waals surface area contributed by atoms with E-state index in [2.05, 4.69) is 4.98 Å². The first-order valence-corrected chi connectivity index (χ1v) is 5.31. The highest BCUT2D eigenvalue weighted by Crippen LogP contribution is 2.00. The number of nitrogens with two attached hydrogens (primary N) is 1. The number of nitrogens with zero attached hydrogens (tertiary/aromatic N) is 2. The maximum absolute atomic E-state index is 11.6. The molecule has 1 aromatic heterocycles. The molecule has 4 nitrogen and oxygen atoms in total. The summed E-state index contributed by atoms with van der Waals surface area (Å²) < 4.78 is 2.23. The Bertz CT molecular complexity index is 398. The maximum Gasteiger partial charge on any atom is 0.267 e. The van der Waals surface area contributed by atoms with Crippen molar-refractivity contribution in [2.45, 2.75) is 13.5 Å². The average molecular weight is 305 g/mol. The number of halogens is 1. The van der Waals surface area contributed by atoms with Crippen molar-refractivity contribution in [3.05, 3.63) is 38.1 Å². The SMILES string of the molecule is Cc1ncn(C/C=C/CN)c(=O)c1I. The fourth-order valence-electron chi connectivity index (χ4n) is 0.961. The monoisotopic (exact) mass is 305 g/mol. The summed E-state index contributed by atoms with van der Waals surface area (Å²) in [5.41, 5.74) is 6.07. The van der Waals surface area contributed by atoms with Crippen LogP contribution in [0.1, 0.15) is 5.69 Å². The first-order chi connectivity index (χ1) is 6.66. The van der Waals surface area contributed by atoms with E-state index in [9.17, 15) is 4.79 Å².